The van der Waals surface area contributed by atoms with Crippen LogP contribution in [0.2, 0.25) is 0 Å². The molecule has 0 amide bonds. The summed E-state index contributed by atoms with van der Waals surface area (Å²) in [6.45, 7) is 3.92. The Hall–Kier alpha value is -2.17. The molecule has 1 heterocycles. The molecule has 1 aromatic carbocycles. The molecule has 0 aliphatic heterocycles. The van der Waals surface area contributed by atoms with E-state index in [0.29, 0.717) is 12.2 Å². The zero-order valence-electron chi connectivity index (χ0n) is 11.1. The number of aromatic nitrogens is 2. The van der Waals surface area contributed by atoms with Crippen LogP contribution < -0.4 is 5.32 Å². The smallest absolute Gasteiger partial charge is 0.303 e. The number of aliphatic carboxylic acids is 1. The quantitative estimate of drug-likeness (QED) is 0.863. The first-order valence-electron chi connectivity index (χ1n) is 6.18. The summed E-state index contributed by atoms with van der Waals surface area (Å²) in [7, 11) is 0. The zero-order valence-corrected chi connectivity index (χ0v) is 11.1. The van der Waals surface area contributed by atoms with E-state index in [4.69, 9.17) is 5.11 Å². The second-order valence-corrected chi connectivity index (χ2v) is 5.18. The fourth-order valence-corrected chi connectivity index (χ4v) is 1.92. The number of fused-ring (bicyclic) bond motifs is 1. The third-order valence-corrected chi connectivity index (χ3v) is 2.99. The Balaban J connectivity index is 2.23. The van der Waals surface area contributed by atoms with E-state index >= 15 is 0 Å². The highest BCUT2D eigenvalue weighted by Crippen LogP contribution is 2.24. The van der Waals surface area contributed by atoms with Crippen LogP contribution in [-0.2, 0) is 4.79 Å². The first-order valence-corrected chi connectivity index (χ1v) is 6.18. The topological polar surface area (TPSA) is 75.1 Å². The van der Waals surface area contributed by atoms with E-state index in [9.17, 15) is 4.79 Å². The number of hydrogen-bond donors (Lipinski definition) is 2. The molecule has 2 aromatic rings. The lowest BCUT2D eigenvalue weighted by molar-refractivity contribution is -0.137. The van der Waals surface area contributed by atoms with Crippen LogP contribution in [0.1, 0.15) is 26.7 Å². The van der Waals surface area contributed by atoms with Gasteiger partial charge in [-0.15, -0.1) is 5.10 Å². The van der Waals surface area contributed by atoms with Gasteiger partial charge in [-0.1, -0.05) is 24.3 Å². The normalized spacial score (nSPS) is 11.5. The van der Waals surface area contributed by atoms with Crippen molar-refractivity contribution in [3.63, 3.8) is 0 Å². The van der Waals surface area contributed by atoms with Crippen molar-refractivity contribution in [2.24, 2.45) is 0 Å². The maximum atomic E-state index is 10.7. The highest BCUT2D eigenvalue weighted by molar-refractivity contribution is 5.91. The van der Waals surface area contributed by atoms with E-state index in [1.807, 2.05) is 38.1 Å². The maximum absolute atomic E-state index is 10.7. The van der Waals surface area contributed by atoms with Gasteiger partial charge in [0, 0.05) is 22.7 Å². The molecular formula is C14H17N3O2. The Bertz CT molecular complexity index is 591. The predicted molar refractivity (Wildman–Crippen MR) is 74.1 cm³/mol. The van der Waals surface area contributed by atoms with Crippen LogP contribution in [0.3, 0.4) is 0 Å². The molecule has 5 nitrogen and oxygen atoms in total. The predicted octanol–water partition coefficient (Wildman–Crippen LogP) is 2.69. The molecule has 19 heavy (non-hydrogen) atoms. The molecule has 5 heteroatoms. The minimum absolute atomic E-state index is 0.123. The highest BCUT2D eigenvalue weighted by Gasteiger charge is 2.20. The first-order chi connectivity index (χ1) is 8.98. The molecule has 0 spiro atoms. The number of carbonyl (C=O) groups is 1. The number of anilines is 1. The first kappa shape index (κ1) is 13.3. The van der Waals surface area contributed by atoms with Gasteiger partial charge in [0.05, 0.1) is 6.20 Å². The summed E-state index contributed by atoms with van der Waals surface area (Å²) in [5.74, 6) is -0.104. The molecule has 100 valence electrons. The van der Waals surface area contributed by atoms with Gasteiger partial charge in [0.25, 0.3) is 0 Å². The fraction of sp³-hybridized carbons (Fsp3) is 0.357. The number of nitrogens with zero attached hydrogens (tertiary/aromatic N) is 2. The summed E-state index contributed by atoms with van der Waals surface area (Å²) < 4.78 is 0. The van der Waals surface area contributed by atoms with Crippen LogP contribution in [-0.4, -0.2) is 26.8 Å². The SMILES string of the molecule is CC(C)(CCC(=O)O)Nc1nncc2ccccc12. The van der Waals surface area contributed by atoms with Gasteiger partial charge in [0.15, 0.2) is 5.82 Å². The van der Waals surface area contributed by atoms with Gasteiger partial charge in [-0.25, -0.2) is 0 Å². The molecule has 0 atom stereocenters. The van der Waals surface area contributed by atoms with Crippen LogP contribution >= 0.6 is 0 Å². The van der Waals surface area contributed by atoms with E-state index in [2.05, 4.69) is 15.5 Å². The van der Waals surface area contributed by atoms with Crippen LogP contribution in [0.5, 0.6) is 0 Å². The lowest BCUT2D eigenvalue weighted by Gasteiger charge is -2.26. The number of carboxylic acids is 1. The van der Waals surface area contributed by atoms with Gasteiger partial charge < -0.3 is 10.4 Å². The van der Waals surface area contributed by atoms with Gasteiger partial charge >= 0.3 is 5.97 Å². The van der Waals surface area contributed by atoms with E-state index in [-0.39, 0.29) is 12.0 Å². The van der Waals surface area contributed by atoms with Crippen molar-refractivity contribution in [2.45, 2.75) is 32.2 Å². The molecule has 2 rings (SSSR count). The molecule has 0 saturated heterocycles. The average Bonchev–Trinajstić information content (AvgIpc) is 2.37. The Labute approximate surface area is 111 Å². The minimum Gasteiger partial charge on any atom is -0.481 e. The molecule has 0 radical (unpaired) electrons. The van der Waals surface area contributed by atoms with Gasteiger partial charge in [-0.05, 0) is 20.3 Å². The summed E-state index contributed by atoms with van der Waals surface area (Å²) in [6, 6.07) is 7.84. The summed E-state index contributed by atoms with van der Waals surface area (Å²) in [4.78, 5) is 10.7. The Morgan fingerprint density at radius 3 is 2.84 bits per heavy atom. The van der Waals surface area contributed by atoms with Crippen molar-refractivity contribution < 1.29 is 9.90 Å². The number of nitrogens with one attached hydrogen (secondary N) is 1. The zero-order chi connectivity index (χ0) is 13.9. The molecule has 0 aliphatic carbocycles. The number of carboxylic acid groups (broad SMARTS) is 1. The summed E-state index contributed by atoms with van der Waals surface area (Å²) in [6.07, 6.45) is 2.36. The van der Waals surface area contributed by atoms with Crippen molar-refractivity contribution >= 4 is 22.6 Å². The fourth-order valence-electron chi connectivity index (χ4n) is 1.92. The molecule has 0 aliphatic rings. The average molecular weight is 259 g/mol. The molecule has 0 unspecified atom stereocenters. The lowest BCUT2D eigenvalue weighted by Crippen LogP contribution is -2.32. The third kappa shape index (κ3) is 3.40. The minimum atomic E-state index is -0.793. The Morgan fingerprint density at radius 2 is 2.11 bits per heavy atom. The van der Waals surface area contributed by atoms with E-state index in [1.54, 1.807) is 6.20 Å². The van der Waals surface area contributed by atoms with Crippen molar-refractivity contribution in [1.82, 2.24) is 10.2 Å². The monoisotopic (exact) mass is 259 g/mol. The molecular weight excluding hydrogens is 242 g/mol. The Kier molecular flexibility index (Phi) is 3.64. The van der Waals surface area contributed by atoms with Gasteiger partial charge in [0.1, 0.15) is 0 Å². The summed E-state index contributed by atoms with van der Waals surface area (Å²) in [5.41, 5.74) is -0.350. The summed E-state index contributed by atoms with van der Waals surface area (Å²) >= 11 is 0. The summed E-state index contributed by atoms with van der Waals surface area (Å²) in [5, 5.41) is 22.1. The van der Waals surface area contributed by atoms with Crippen molar-refractivity contribution in [3.8, 4) is 0 Å². The Morgan fingerprint density at radius 1 is 1.37 bits per heavy atom. The van der Waals surface area contributed by atoms with Crippen molar-refractivity contribution in [2.75, 3.05) is 5.32 Å². The van der Waals surface area contributed by atoms with Crippen molar-refractivity contribution in [3.05, 3.63) is 30.5 Å². The number of benzene rings is 1. The molecule has 0 fully saturated rings. The van der Waals surface area contributed by atoms with Crippen LogP contribution in [0.25, 0.3) is 10.8 Å². The highest BCUT2D eigenvalue weighted by atomic mass is 16.4. The molecule has 1 aromatic heterocycles. The molecule has 0 bridgehead atoms. The van der Waals surface area contributed by atoms with Crippen LogP contribution in [0, 0.1) is 0 Å². The maximum Gasteiger partial charge on any atom is 0.303 e. The van der Waals surface area contributed by atoms with Gasteiger partial charge in [-0.2, -0.15) is 5.10 Å². The lowest BCUT2D eigenvalue weighted by atomic mass is 9.98. The van der Waals surface area contributed by atoms with Crippen molar-refractivity contribution in [1.29, 1.82) is 0 Å². The second-order valence-electron chi connectivity index (χ2n) is 5.18. The van der Waals surface area contributed by atoms with E-state index in [1.165, 1.54) is 0 Å². The van der Waals surface area contributed by atoms with Gasteiger partial charge in [0.2, 0.25) is 0 Å². The van der Waals surface area contributed by atoms with E-state index < -0.39 is 5.97 Å². The molecule has 2 N–H and O–H groups in total. The standard InChI is InChI=1S/C14H17N3O2/c1-14(2,8-7-12(18)19)16-13-11-6-4-3-5-10(11)9-15-17-13/h3-6,9H,7-8H2,1-2H3,(H,16,17)(H,18,19). The number of hydrogen-bond acceptors (Lipinski definition) is 4. The van der Waals surface area contributed by atoms with Crippen LogP contribution in [0.4, 0.5) is 5.82 Å². The third-order valence-electron chi connectivity index (χ3n) is 2.99. The van der Waals surface area contributed by atoms with E-state index in [0.717, 1.165) is 10.8 Å². The molecule has 0 saturated carbocycles. The second kappa shape index (κ2) is 5.22. The number of rotatable bonds is 5. The largest absolute Gasteiger partial charge is 0.481 e. The van der Waals surface area contributed by atoms with Gasteiger partial charge in [-0.3, -0.25) is 4.79 Å². The van der Waals surface area contributed by atoms with Crippen LogP contribution in [0.15, 0.2) is 30.5 Å².